The van der Waals surface area contributed by atoms with Crippen molar-refractivity contribution in [3.8, 4) is 0 Å². The summed E-state index contributed by atoms with van der Waals surface area (Å²) in [6.45, 7) is 1.55. The number of hydrogen-bond acceptors (Lipinski definition) is 6. The zero-order valence-electron chi connectivity index (χ0n) is 17.5. The quantitative estimate of drug-likeness (QED) is 0.238. The van der Waals surface area contributed by atoms with E-state index in [1.54, 1.807) is 34.9 Å². The number of thioether (sulfide) groups is 1. The van der Waals surface area contributed by atoms with E-state index < -0.39 is 0 Å². The first-order valence-electron chi connectivity index (χ1n) is 10.8. The summed E-state index contributed by atoms with van der Waals surface area (Å²) in [5.41, 5.74) is 1.54. The number of fused-ring (bicyclic) bond motifs is 2. The first-order valence-corrected chi connectivity index (χ1v) is 11.8. The molecule has 0 aliphatic carbocycles. The summed E-state index contributed by atoms with van der Waals surface area (Å²) in [7, 11) is 0. The molecule has 7 nitrogen and oxygen atoms in total. The van der Waals surface area contributed by atoms with Crippen molar-refractivity contribution in [3.05, 3.63) is 70.0 Å². The first-order chi connectivity index (χ1) is 15.6. The van der Waals surface area contributed by atoms with E-state index in [0.29, 0.717) is 52.4 Å². The third kappa shape index (κ3) is 3.84. The predicted molar refractivity (Wildman–Crippen MR) is 122 cm³/mol. The fraction of sp³-hybridized carbons (Fsp3) is 0.333. The van der Waals surface area contributed by atoms with Crippen molar-refractivity contribution in [2.45, 2.75) is 37.1 Å². The van der Waals surface area contributed by atoms with Gasteiger partial charge in [-0.1, -0.05) is 36.0 Å². The van der Waals surface area contributed by atoms with Crippen LogP contribution in [0, 0.1) is 0 Å². The number of para-hydroxylation sites is 1. The van der Waals surface area contributed by atoms with Gasteiger partial charge in [0.1, 0.15) is 0 Å². The number of ether oxygens (including phenoxy) is 1. The minimum Gasteiger partial charge on any atom is -0.376 e. The third-order valence-electron chi connectivity index (χ3n) is 5.87. The molecule has 5 rings (SSSR count). The van der Waals surface area contributed by atoms with Crippen molar-refractivity contribution >= 4 is 34.5 Å². The Balaban J connectivity index is 1.30. The van der Waals surface area contributed by atoms with Crippen LogP contribution in [0.25, 0.3) is 10.9 Å². The van der Waals surface area contributed by atoms with Gasteiger partial charge in [0, 0.05) is 18.9 Å². The second-order valence-corrected chi connectivity index (χ2v) is 9.03. The molecule has 1 atom stereocenters. The maximum atomic E-state index is 13.1. The van der Waals surface area contributed by atoms with Gasteiger partial charge in [-0.25, -0.2) is 4.98 Å². The van der Waals surface area contributed by atoms with Crippen LogP contribution in [0.5, 0.6) is 0 Å². The standard InChI is InChI=1S/C24H23N3O4S/c28-21-17-8-1-2-9-18(17)22(29)26(21)12-6-14-32-24-25-20-11-4-3-10-19(20)23(30)27(24)15-16-7-5-13-31-16/h1-4,8-11,16H,5-7,12-15H2/t16-/m1/s1. The molecule has 2 aliphatic heterocycles. The van der Waals surface area contributed by atoms with Gasteiger partial charge in [0.2, 0.25) is 0 Å². The number of amides is 2. The molecule has 0 unspecified atom stereocenters. The van der Waals surface area contributed by atoms with Crippen LogP contribution in [0.15, 0.2) is 58.5 Å². The van der Waals surface area contributed by atoms with Crippen molar-refractivity contribution in [1.29, 1.82) is 0 Å². The summed E-state index contributed by atoms with van der Waals surface area (Å²) in [6.07, 6.45) is 2.57. The highest BCUT2D eigenvalue weighted by molar-refractivity contribution is 7.99. The van der Waals surface area contributed by atoms with Crippen molar-refractivity contribution in [2.75, 3.05) is 18.9 Å². The number of imide groups is 1. The highest BCUT2D eigenvalue weighted by atomic mass is 32.2. The monoisotopic (exact) mass is 449 g/mol. The van der Waals surface area contributed by atoms with E-state index in [1.165, 1.54) is 16.7 Å². The van der Waals surface area contributed by atoms with Gasteiger partial charge < -0.3 is 4.74 Å². The highest BCUT2D eigenvalue weighted by Crippen LogP contribution is 2.24. The molecule has 0 spiro atoms. The lowest BCUT2D eigenvalue weighted by molar-refractivity contribution is 0.0654. The van der Waals surface area contributed by atoms with Gasteiger partial charge in [0.25, 0.3) is 17.4 Å². The van der Waals surface area contributed by atoms with Crippen LogP contribution in [-0.4, -0.2) is 51.3 Å². The molecule has 1 fully saturated rings. The number of rotatable bonds is 7. The van der Waals surface area contributed by atoms with E-state index in [4.69, 9.17) is 9.72 Å². The van der Waals surface area contributed by atoms with Crippen LogP contribution >= 0.6 is 11.8 Å². The second-order valence-electron chi connectivity index (χ2n) is 7.97. The summed E-state index contributed by atoms with van der Waals surface area (Å²) < 4.78 is 7.46. The smallest absolute Gasteiger partial charge is 0.262 e. The largest absolute Gasteiger partial charge is 0.376 e. The lowest BCUT2D eigenvalue weighted by atomic mass is 10.1. The molecule has 0 N–H and O–H groups in total. The molecule has 0 saturated carbocycles. The molecule has 1 aromatic heterocycles. The molecule has 2 aliphatic rings. The molecule has 1 saturated heterocycles. The van der Waals surface area contributed by atoms with E-state index >= 15 is 0 Å². The Hall–Kier alpha value is -2.97. The molecule has 2 aromatic carbocycles. The average Bonchev–Trinajstić information content (AvgIpc) is 3.41. The van der Waals surface area contributed by atoms with Crippen LogP contribution in [0.4, 0.5) is 0 Å². The summed E-state index contributed by atoms with van der Waals surface area (Å²) in [6, 6.07) is 14.3. The van der Waals surface area contributed by atoms with Gasteiger partial charge in [-0.05, 0) is 43.5 Å². The molecule has 3 aromatic rings. The summed E-state index contributed by atoms with van der Waals surface area (Å²) in [5.74, 6) is 0.147. The number of aromatic nitrogens is 2. The predicted octanol–water partition coefficient (Wildman–Crippen LogP) is 3.35. The van der Waals surface area contributed by atoms with E-state index in [-0.39, 0.29) is 23.5 Å². The van der Waals surface area contributed by atoms with Crippen LogP contribution in [0.3, 0.4) is 0 Å². The molecule has 2 amide bonds. The minimum atomic E-state index is -0.241. The molecular weight excluding hydrogens is 426 g/mol. The zero-order chi connectivity index (χ0) is 22.1. The topological polar surface area (TPSA) is 81.5 Å². The van der Waals surface area contributed by atoms with Gasteiger partial charge in [-0.2, -0.15) is 0 Å². The fourth-order valence-electron chi connectivity index (χ4n) is 4.24. The number of benzene rings is 2. The highest BCUT2D eigenvalue weighted by Gasteiger charge is 2.34. The Morgan fingerprint density at radius 3 is 2.44 bits per heavy atom. The minimum absolute atomic E-state index is 0.0216. The fourth-order valence-corrected chi connectivity index (χ4v) is 5.17. The maximum Gasteiger partial charge on any atom is 0.262 e. The molecule has 8 heteroatoms. The van der Waals surface area contributed by atoms with E-state index in [1.807, 2.05) is 18.2 Å². The maximum absolute atomic E-state index is 13.1. The van der Waals surface area contributed by atoms with E-state index in [0.717, 1.165) is 19.4 Å². The van der Waals surface area contributed by atoms with Crippen molar-refractivity contribution in [1.82, 2.24) is 14.5 Å². The molecule has 32 heavy (non-hydrogen) atoms. The summed E-state index contributed by atoms with van der Waals surface area (Å²) in [4.78, 5) is 44.3. The number of carbonyl (C=O) groups is 2. The molecule has 0 bridgehead atoms. The molecular formula is C24H23N3O4S. The van der Waals surface area contributed by atoms with Gasteiger partial charge in [-0.15, -0.1) is 0 Å². The van der Waals surface area contributed by atoms with Gasteiger partial charge in [0.15, 0.2) is 5.16 Å². The van der Waals surface area contributed by atoms with E-state index in [9.17, 15) is 14.4 Å². The number of nitrogens with zero attached hydrogens (tertiary/aromatic N) is 3. The van der Waals surface area contributed by atoms with E-state index in [2.05, 4.69) is 0 Å². The SMILES string of the molecule is O=C1c2ccccc2C(=O)N1CCCSc1nc2ccccc2c(=O)n1C[C@H]1CCCO1. The Morgan fingerprint density at radius 1 is 1.00 bits per heavy atom. The van der Waals surface area contributed by atoms with Crippen molar-refractivity contribution in [2.24, 2.45) is 0 Å². The van der Waals surface area contributed by atoms with Crippen molar-refractivity contribution < 1.29 is 14.3 Å². The zero-order valence-corrected chi connectivity index (χ0v) is 18.3. The van der Waals surface area contributed by atoms with Gasteiger partial charge >= 0.3 is 0 Å². The van der Waals surface area contributed by atoms with Gasteiger partial charge in [0.05, 0.1) is 34.7 Å². The normalized spacial score (nSPS) is 18.0. The second kappa shape index (κ2) is 8.88. The Labute approximate surface area is 189 Å². The van der Waals surface area contributed by atoms with Crippen LogP contribution < -0.4 is 5.56 Å². The average molecular weight is 450 g/mol. The lowest BCUT2D eigenvalue weighted by Crippen LogP contribution is -2.31. The Bertz CT molecular complexity index is 1210. The van der Waals surface area contributed by atoms with Crippen molar-refractivity contribution in [3.63, 3.8) is 0 Å². The molecule has 0 radical (unpaired) electrons. The van der Waals surface area contributed by atoms with Crippen LogP contribution in [-0.2, 0) is 11.3 Å². The number of hydrogen-bond donors (Lipinski definition) is 0. The first kappa shape index (κ1) is 20.9. The number of carbonyl (C=O) groups excluding carboxylic acids is 2. The van der Waals surface area contributed by atoms with Gasteiger partial charge in [-0.3, -0.25) is 23.9 Å². The van der Waals surface area contributed by atoms with Crippen LogP contribution in [0.2, 0.25) is 0 Å². The molecule has 164 valence electrons. The summed E-state index contributed by atoms with van der Waals surface area (Å²) in [5, 5.41) is 1.24. The third-order valence-corrected chi connectivity index (χ3v) is 6.93. The molecule has 3 heterocycles. The Kier molecular flexibility index (Phi) is 5.80. The summed E-state index contributed by atoms with van der Waals surface area (Å²) >= 11 is 1.48. The Morgan fingerprint density at radius 2 is 1.72 bits per heavy atom. The lowest BCUT2D eigenvalue weighted by Gasteiger charge is -2.17. The van der Waals surface area contributed by atoms with Crippen LogP contribution in [0.1, 0.15) is 40.0 Å².